The third-order valence-corrected chi connectivity index (χ3v) is 3.16. The SMILES string of the molecule is CC(N)CCNC(=O)C(C)c1cc2ccccc2o1. The molecule has 19 heavy (non-hydrogen) atoms. The average molecular weight is 260 g/mol. The lowest BCUT2D eigenvalue weighted by atomic mass is 10.1. The molecule has 0 aliphatic heterocycles. The number of nitrogens with one attached hydrogen (secondary N) is 1. The standard InChI is InChI=1S/C15H20N2O2/c1-10(16)7-8-17-15(18)11(2)14-9-12-5-3-4-6-13(12)19-14/h3-6,9-11H,7-8,16H2,1-2H3,(H,17,18). The van der Waals surface area contributed by atoms with E-state index in [0.717, 1.165) is 17.4 Å². The highest BCUT2D eigenvalue weighted by atomic mass is 16.3. The van der Waals surface area contributed by atoms with Crippen molar-refractivity contribution in [2.75, 3.05) is 6.54 Å². The largest absolute Gasteiger partial charge is 0.460 e. The lowest BCUT2D eigenvalue weighted by Gasteiger charge is -2.10. The zero-order valence-electron chi connectivity index (χ0n) is 11.3. The van der Waals surface area contributed by atoms with Gasteiger partial charge in [0.2, 0.25) is 5.91 Å². The smallest absolute Gasteiger partial charge is 0.230 e. The van der Waals surface area contributed by atoms with Gasteiger partial charge >= 0.3 is 0 Å². The van der Waals surface area contributed by atoms with Crippen molar-refractivity contribution < 1.29 is 9.21 Å². The molecule has 1 aromatic heterocycles. The summed E-state index contributed by atoms with van der Waals surface area (Å²) >= 11 is 0. The summed E-state index contributed by atoms with van der Waals surface area (Å²) in [5.41, 5.74) is 6.46. The summed E-state index contributed by atoms with van der Waals surface area (Å²) in [6.07, 6.45) is 0.776. The highest BCUT2D eigenvalue weighted by Crippen LogP contribution is 2.24. The van der Waals surface area contributed by atoms with Gasteiger partial charge in [-0.05, 0) is 32.4 Å². The molecule has 2 rings (SSSR count). The summed E-state index contributed by atoms with van der Waals surface area (Å²) in [5.74, 6) is 0.375. The van der Waals surface area contributed by atoms with Crippen molar-refractivity contribution in [2.24, 2.45) is 5.73 Å². The number of hydrogen-bond acceptors (Lipinski definition) is 3. The summed E-state index contributed by atoms with van der Waals surface area (Å²) in [6.45, 7) is 4.37. The molecule has 0 aliphatic carbocycles. The summed E-state index contributed by atoms with van der Waals surface area (Å²) in [6, 6.07) is 9.77. The summed E-state index contributed by atoms with van der Waals surface area (Å²) in [4.78, 5) is 12.0. The van der Waals surface area contributed by atoms with Crippen molar-refractivity contribution in [3.63, 3.8) is 0 Å². The van der Waals surface area contributed by atoms with Crippen LogP contribution in [-0.4, -0.2) is 18.5 Å². The Balaban J connectivity index is 2.02. The van der Waals surface area contributed by atoms with Crippen molar-refractivity contribution in [2.45, 2.75) is 32.2 Å². The van der Waals surface area contributed by atoms with Gasteiger partial charge in [0.05, 0.1) is 5.92 Å². The van der Waals surface area contributed by atoms with Crippen LogP contribution in [0.15, 0.2) is 34.7 Å². The van der Waals surface area contributed by atoms with Gasteiger partial charge in [0, 0.05) is 18.0 Å². The molecule has 0 fully saturated rings. The van der Waals surface area contributed by atoms with Crippen LogP contribution in [-0.2, 0) is 4.79 Å². The molecular weight excluding hydrogens is 240 g/mol. The van der Waals surface area contributed by atoms with Gasteiger partial charge in [0.1, 0.15) is 11.3 Å². The molecule has 2 aromatic rings. The highest BCUT2D eigenvalue weighted by Gasteiger charge is 2.18. The van der Waals surface area contributed by atoms with E-state index < -0.39 is 0 Å². The Morgan fingerprint density at radius 3 is 2.79 bits per heavy atom. The molecule has 0 aliphatic rings. The number of nitrogens with two attached hydrogens (primary N) is 1. The van der Waals surface area contributed by atoms with E-state index in [1.165, 1.54) is 0 Å². The predicted molar refractivity (Wildman–Crippen MR) is 75.9 cm³/mol. The van der Waals surface area contributed by atoms with E-state index in [2.05, 4.69) is 5.32 Å². The Bertz CT molecular complexity index is 527. The van der Waals surface area contributed by atoms with Gasteiger partial charge in [-0.25, -0.2) is 0 Å². The molecule has 0 saturated heterocycles. The molecular formula is C15H20N2O2. The maximum absolute atomic E-state index is 12.0. The molecule has 0 radical (unpaired) electrons. The lowest BCUT2D eigenvalue weighted by molar-refractivity contribution is -0.122. The van der Waals surface area contributed by atoms with E-state index in [-0.39, 0.29) is 17.9 Å². The second kappa shape index (κ2) is 5.89. The molecule has 102 valence electrons. The number of carbonyl (C=O) groups excluding carboxylic acids is 1. The van der Waals surface area contributed by atoms with E-state index in [0.29, 0.717) is 12.3 Å². The van der Waals surface area contributed by atoms with Crippen LogP contribution in [0.1, 0.15) is 31.9 Å². The van der Waals surface area contributed by atoms with Crippen LogP contribution in [0, 0.1) is 0 Å². The number of hydrogen-bond donors (Lipinski definition) is 2. The summed E-state index contributed by atoms with van der Waals surface area (Å²) < 4.78 is 5.69. The zero-order valence-corrected chi connectivity index (χ0v) is 11.3. The van der Waals surface area contributed by atoms with Gasteiger partial charge in [-0.15, -0.1) is 0 Å². The van der Waals surface area contributed by atoms with Crippen molar-refractivity contribution in [3.05, 3.63) is 36.1 Å². The van der Waals surface area contributed by atoms with Gasteiger partial charge in [0.15, 0.2) is 0 Å². The highest BCUT2D eigenvalue weighted by molar-refractivity contribution is 5.85. The molecule has 4 heteroatoms. The number of amides is 1. The van der Waals surface area contributed by atoms with Crippen LogP contribution in [0.2, 0.25) is 0 Å². The predicted octanol–water partition coefficient (Wildman–Crippen LogP) is 2.39. The van der Waals surface area contributed by atoms with E-state index in [4.69, 9.17) is 10.2 Å². The molecule has 3 N–H and O–H groups in total. The number of rotatable bonds is 5. The van der Waals surface area contributed by atoms with E-state index in [1.54, 1.807) is 0 Å². The second-order valence-electron chi connectivity index (χ2n) is 4.97. The second-order valence-corrected chi connectivity index (χ2v) is 4.97. The molecule has 1 amide bonds. The van der Waals surface area contributed by atoms with Crippen LogP contribution in [0.25, 0.3) is 11.0 Å². The van der Waals surface area contributed by atoms with Crippen LogP contribution in [0.4, 0.5) is 0 Å². The molecule has 0 bridgehead atoms. The molecule has 0 saturated carbocycles. The van der Waals surface area contributed by atoms with Crippen molar-refractivity contribution in [3.8, 4) is 0 Å². The fourth-order valence-corrected chi connectivity index (χ4v) is 1.92. The third-order valence-electron chi connectivity index (χ3n) is 3.16. The monoisotopic (exact) mass is 260 g/mol. The zero-order chi connectivity index (χ0) is 13.8. The third kappa shape index (κ3) is 3.35. The quantitative estimate of drug-likeness (QED) is 0.867. The normalized spacial score (nSPS) is 14.3. The fourth-order valence-electron chi connectivity index (χ4n) is 1.92. The first-order valence-corrected chi connectivity index (χ1v) is 6.59. The van der Waals surface area contributed by atoms with Crippen LogP contribution >= 0.6 is 0 Å². The Hall–Kier alpha value is -1.81. The summed E-state index contributed by atoms with van der Waals surface area (Å²) in [7, 11) is 0. The Morgan fingerprint density at radius 1 is 1.37 bits per heavy atom. The minimum absolute atomic E-state index is 0.0280. The van der Waals surface area contributed by atoms with Crippen LogP contribution < -0.4 is 11.1 Å². The number of benzene rings is 1. The average Bonchev–Trinajstić information content (AvgIpc) is 2.80. The Morgan fingerprint density at radius 2 is 2.11 bits per heavy atom. The lowest BCUT2D eigenvalue weighted by Crippen LogP contribution is -2.31. The molecule has 1 aromatic carbocycles. The molecule has 1 heterocycles. The minimum Gasteiger partial charge on any atom is -0.460 e. The van der Waals surface area contributed by atoms with Gasteiger partial charge in [-0.3, -0.25) is 4.79 Å². The minimum atomic E-state index is -0.291. The van der Waals surface area contributed by atoms with Gasteiger partial charge in [0.25, 0.3) is 0 Å². The number of furan rings is 1. The first kappa shape index (κ1) is 13.6. The van der Waals surface area contributed by atoms with Gasteiger partial charge < -0.3 is 15.5 Å². The van der Waals surface area contributed by atoms with E-state index in [1.807, 2.05) is 44.2 Å². The summed E-state index contributed by atoms with van der Waals surface area (Å²) in [5, 5.41) is 3.90. The number of para-hydroxylation sites is 1. The van der Waals surface area contributed by atoms with Gasteiger partial charge in [-0.1, -0.05) is 18.2 Å². The van der Waals surface area contributed by atoms with Crippen LogP contribution in [0.3, 0.4) is 0 Å². The molecule has 0 spiro atoms. The van der Waals surface area contributed by atoms with Gasteiger partial charge in [-0.2, -0.15) is 0 Å². The fraction of sp³-hybridized carbons (Fsp3) is 0.400. The molecule has 4 nitrogen and oxygen atoms in total. The van der Waals surface area contributed by atoms with Crippen molar-refractivity contribution in [1.82, 2.24) is 5.32 Å². The maximum atomic E-state index is 12.0. The Labute approximate surface area is 113 Å². The van der Waals surface area contributed by atoms with Crippen LogP contribution in [0.5, 0.6) is 0 Å². The Kier molecular flexibility index (Phi) is 4.22. The first-order chi connectivity index (χ1) is 9.08. The van der Waals surface area contributed by atoms with E-state index in [9.17, 15) is 4.79 Å². The van der Waals surface area contributed by atoms with E-state index >= 15 is 0 Å². The topological polar surface area (TPSA) is 68.3 Å². The first-order valence-electron chi connectivity index (χ1n) is 6.59. The number of carbonyl (C=O) groups is 1. The number of fused-ring (bicyclic) bond motifs is 1. The van der Waals surface area contributed by atoms with Crippen molar-refractivity contribution in [1.29, 1.82) is 0 Å². The molecule has 2 atom stereocenters. The maximum Gasteiger partial charge on any atom is 0.230 e. The van der Waals surface area contributed by atoms with Crippen molar-refractivity contribution >= 4 is 16.9 Å². The molecule has 2 unspecified atom stereocenters.